The lowest BCUT2D eigenvalue weighted by molar-refractivity contribution is 0.129. The number of amides is 2. The first-order chi connectivity index (χ1) is 10.4. The van der Waals surface area contributed by atoms with E-state index in [1.165, 1.54) is 11.3 Å². The molecule has 2 amide bonds. The molecule has 0 fully saturated rings. The maximum atomic E-state index is 11.9. The molecule has 0 saturated heterocycles. The standard InChI is InChI=1S/C14H20N4O2S2/c1-9(19)6-14(2,3)8-15-12(20)16-13-18-17-11(22-13)10-4-5-21-7-10/h4-5,7,9,19H,6,8H2,1-3H3,(H2,15,16,18,20). The summed E-state index contributed by atoms with van der Waals surface area (Å²) >= 11 is 2.93. The number of aliphatic hydroxyl groups excluding tert-OH is 1. The maximum Gasteiger partial charge on any atom is 0.321 e. The topological polar surface area (TPSA) is 87.1 Å². The Morgan fingerprint density at radius 3 is 2.86 bits per heavy atom. The molecular formula is C14H20N4O2S2. The Kier molecular flexibility index (Phi) is 5.49. The van der Waals surface area contributed by atoms with Gasteiger partial charge in [0.15, 0.2) is 0 Å². The predicted molar refractivity (Wildman–Crippen MR) is 90.3 cm³/mol. The lowest BCUT2D eigenvalue weighted by Crippen LogP contribution is -2.38. The Bertz CT molecular complexity index is 608. The Labute approximate surface area is 137 Å². The van der Waals surface area contributed by atoms with Crippen molar-refractivity contribution in [1.29, 1.82) is 0 Å². The monoisotopic (exact) mass is 340 g/mol. The molecule has 120 valence electrons. The molecule has 2 aromatic rings. The summed E-state index contributed by atoms with van der Waals surface area (Å²) in [6.45, 7) is 6.22. The Hall–Kier alpha value is -1.51. The molecular weight excluding hydrogens is 320 g/mol. The first-order valence-electron chi connectivity index (χ1n) is 6.95. The molecule has 0 bridgehead atoms. The zero-order valence-electron chi connectivity index (χ0n) is 12.8. The fraction of sp³-hybridized carbons (Fsp3) is 0.500. The molecule has 6 nitrogen and oxygen atoms in total. The van der Waals surface area contributed by atoms with Crippen molar-refractivity contribution in [2.24, 2.45) is 5.41 Å². The minimum absolute atomic E-state index is 0.172. The van der Waals surface area contributed by atoms with Crippen LogP contribution in [-0.4, -0.2) is 34.0 Å². The molecule has 8 heteroatoms. The first kappa shape index (κ1) is 16.9. The number of rotatable bonds is 6. The van der Waals surface area contributed by atoms with E-state index in [4.69, 9.17) is 0 Å². The number of carbonyl (C=O) groups is 1. The molecule has 2 rings (SSSR count). The fourth-order valence-corrected chi connectivity index (χ4v) is 3.56. The Morgan fingerprint density at radius 2 is 2.23 bits per heavy atom. The van der Waals surface area contributed by atoms with Crippen LogP contribution in [0, 0.1) is 5.41 Å². The molecule has 3 N–H and O–H groups in total. The van der Waals surface area contributed by atoms with Crippen LogP contribution in [0.5, 0.6) is 0 Å². The molecule has 0 aliphatic rings. The molecule has 0 spiro atoms. The first-order valence-corrected chi connectivity index (χ1v) is 8.71. The van der Waals surface area contributed by atoms with Crippen LogP contribution < -0.4 is 10.6 Å². The lowest BCUT2D eigenvalue weighted by Gasteiger charge is -2.26. The molecule has 1 atom stereocenters. The van der Waals surface area contributed by atoms with Gasteiger partial charge >= 0.3 is 6.03 Å². The molecule has 2 aromatic heterocycles. The highest BCUT2D eigenvalue weighted by Gasteiger charge is 2.21. The average Bonchev–Trinajstić information content (AvgIpc) is 3.05. The molecule has 2 heterocycles. The molecule has 1 unspecified atom stereocenters. The molecule has 0 aliphatic heterocycles. The van der Waals surface area contributed by atoms with Gasteiger partial charge in [0, 0.05) is 17.5 Å². The second-order valence-corrected chi connectivity index (χ2v) is 7.71. The third-order valence-corrected chi connectivity index (χ3v) is 4.56. The summed E-state index contributed by atoms with van der Waals surface area (Å²) in [6.07, 6.45) is 0.227. The summed E-state index contributed by atoms with van der Waals surface area (Å²) in [7, 11) is 0. The van der Waals surface area contributed by atoms with E-state index in [1.807, 2.05) is 30.7 Å². The van der Waals surface area contributed by atoms with E-state index in [-0.39, 0.29) is 11.4 Å². The summed E-state index contributed by atoms with van der Waals surface area (Å²) in [6, 6.07) is 1.65. The number of aliphatic hydroxyl groups is 1. The van der Waals surface area contributed by atoms with Gasteiger partial charge in [-0.2, -0.15) is 11.3 Å². The number of carbonyl (C=O) groups excluding carboxylic acids is 1. The van der Waals surface area contributed by atoms with Crippen LogP contribution in [0.3, 0.4) is 0 Å². The SMILES string of the molecule is CC(O)CC(C)(C)CNC(=O)Nc1nnc(-c2ccsc2)s1. The average molecular weight is 340 g/mol. The van der Waals surface area contributed by atoms with Gasteiger partial charge in [0.25, 0.3) is 0 Å². The van der Waals surface area contributed by atoms with Crippen molar-refractivity contribution in [2.75, 3.05) is 11.9 Å². The highest BCUT2D eigenvalue weighted by molar-refractivity contribution is 7.19. The molecule has 0 aliphatic carbocycles. The van der Waals surface area contributed by atoms with Gasteiger partial charge in [0.1, 0.15) is 5.01 Å². The largest absolute Gasteiger partial charge is 0.393 e. The van der Waals surface area contributed by atoms with Gasteiger partial charge in [0.05, 0.1) is 6.10 Å². The highest BCUT2D eigenvalue weighted by Crippen LogP contribution is 2.27. The van der Waals surface area contributed by atoms with Crippen LogP contribution in [-0.2, 0) is 0 Å². The number of aromatic nitrogens is 2. The van der Waals surface area contributed by atoms with Crippen LogP contribution >= 0.6 is 22.7 Å². The minimum Gasteiger partial charge on any atom is -0.393 e. The number of nitrogens with zero attached hydrogens (tertiary/aromatic N) is 2. The van der Waals surface area contributed by atoms with E-state index in [0.717, 1.165) is 10.6 Å². The van der Waals surface area contributed by atoms with Crippen molar-refractivity contribution in [3.05, 3.63) is 16.8 Å². The van der Waals surface area contributed by atoms with Crippen molar-refractivity contribution < 1.29 is 9.90 Å². The van der Waals surface area contributed by atoms with E-state index < -0.39 is 6.10 Å². The van der Waals surface area contributed by atoms with E-state index in [1.54, 1.807) is 18.3 Å². The van der Waals surface area contributed by atoms with Crippen molar-refractivity contribution in [2.45, 2.75) is 33.3 Å². The predicted octanol–water partition coefficient (Wildman–Crippen LogP) is 3.19. The van der Waals surface area contributed by atoms with Crippen LogP contribution in [0.2, 0.25) is 0 Å². The Morgan fingerprint density at radius 1 is 1.45 bits per heavy atom. The maximum absolute atomic E-state index is 11.9. The summed E-state index contributed by atoms with van der Waals surface area (Å²) < 4.78 is 0. The van der Waals surface area contributed by atoms with E-state index in [0.29, 0.717) is 18.1 Å². The Balaban J connectivity index is 1.85. The van der Waals surface area contributed by atoms with Crippen molar-refractivity contribution in [3.8, 4) is 10.6 Å². The van der Waals surface area contributed by atoms with Crippen molar-refractivity contribution in [3.63, 3.8) is 0 Å². The summed E-state index contributed by atoms with van der Waals surface area (Å²) in [5, 5.41) is 28.2. The summed E-state index contributed by atoms with van der Waals surface area (Å²) in [5.41, 5.74) is 0.836. The van der Waals surface area contributed by atoms with E-state index in [2.05, 4.69) is 20.8 Å². The number of nitrogens with one attached hydrogen (secondary N) is 2. The van der Waals surface area contributed by atoms with Crippen LogP contribution in [0.15, 0.2) is 16.8 Å². The second-order valence-electron chi connectivity index (χ2n) is 5.95. The normalized spacial score (nSPS) is 12.9. The number of urea groups is 1. The van der Waals surface area contributed by atoms with E-state index >= 15 is 0 Å². The van der Waals surface area contributed by atoms with Crippen LogP contribution in [0.25, 0.3) is 10.6 Å². The van der Waals surface area contributed by atoms with Gasteiger partial charge in [-0.05, 0) is 30.2 Å². The highest BCUT2D eigenvalue weighted by atomic mass is 32.1. The van der Waals surface area contributed by atoms with Crippen LogP contribution in [0.4, 0.5) is 9.93 Å². The molecule has 0 radical (unpaired) electrons. The zero-order valence-corrected chi connectivity index (χ0v) is 14.4. The zero-order chi connectivity index (χ0) is 16.2. The number of hydrogen-bond acceptors (Lipinski definition) is 6. The van der Waals surface area contributed by atoms with Gasteiger partial charge < -0.3 is 10.4 Å². The summed E-state index contributed by atoms with van der Waals surface area (Å²) in [4.78, 5) is 11.9. The van der Waals surface area contributed by atoms with E-state index in [9.17, 15) is 9.90 Å². The third kappa shape index (κ3) is 5.04. The van der Waals surface area contributed by atoms with Gasteiger partial charge in [-0.25, -0.2) is 4.79 Å². The van der Waals surface area contributed by atoms with Crippen molar-refractivity contribution in [1.82, 2.24) is 15.5 Å². The molecule has 22 heavy (non-hydrogen) atoms. The fourth-order valence-electron chi connectivity index (χ4n) is 2.11. The summed E-state index contributed by atoms with van der Waals surface area (Å²) in [5.74, 6) is 0. The van der Waals surface area contributed by atoms with Gasteiger partial charge in [-0.1, -0.05) is 25.2 Å². The molecule has 0 saturated carbocycles. The second kappa shape index (κ2) is 7.17. The van der Waals surface area contributed by atoms with Gasteiger partial charge in [0.2, 0.25) is 5.13 Å². The number of hydrogen-bond donors (Lipinski definition) is 3. The number of anilines is 1. The quantitative estimate of drug-likeness (QED) is 0.754. The smallest absolute Gasteiger partial charge is 0.321 e. The van der Waals surface area contributed by atoms with Gasteiger partial charge in [-0.15, -0.1) is 10.2 Å². The minimum atomic E-state index is -0.392. The van der Waals surface area contributed by atoms with Crippen LogP contribution in [0.1, 0.15) is 27.2 Å². The number of thiophene rings is 1. The van der Waals surface area contributed by atoms with Gasteiger partial charge in [-0.3, -0.25) is 5.32 Å². The third-order valence-electron chi connectivity index (χ3n) is 2.99. The molecule has 0 aromatic carbocycles. The lowest BCUT2D eigenvalue weighted by atomic mass is 9.87. The van der Waals surface area contributed by atoms with Crippen molar-refractivity contribution >= 4 is 33.8 Å².